The lowest BCUT2D eigenvalue weighted by Crippen LogP contribution is -2.16. The Balaban J connectivity index is 0.00000441. The summed E-state index contributed by atoms with van der Waals surface area (Å²) in [6.07, 6.45) is 2.75. The van der Waals surface area contributed by atoms with Gasteiger partial charge in [-0.15, -0.1) is 12.4 Å². The first-order valence-electron chi connectivity index (χ1n) is 7.59. The van der Waals surface area contributed by atoms with E-state index < -0.39 is 0 Å². The van der Waals surface area contributed by atoms with E-state index in [0.29, 0.717) is 13.2 Å². The predicted molar refractivity (Wildman–Crippen MR) is 93.4 cm³/mol. The molecule has 4 nitrogen and oxygen atoms in total. The third-order valence-electron chi connectivity index (χ3n) is 2.84. The summed E-state index contributed by atoms with van der Waals surface area (Å²) in [5, 5.41) is 3.40. The quantitative estimate of drug-likeness (QED) is 0.470. The van der Waals surface area contributed by atoms with Crippen molar-refractivity contribution in [1.29, 1.82) is 0 Å². The zero-order valence-electron chi connectivity index (χ0n) is 13.6. The van der Waals surface area contributed by atoms with Crippen molar-refractivity contribution in [2.75, 3.05) is 33.0 Å². The molecule has 1 aromatic rings. The van der Waals surface area contributed by atoms with Gasteiger partial charge in [-0.2, -0.15) is 0 Å². The molecule has 0 radical (unpaired) electrons. The van der Waals surface area contributed by atoms with Crippen LogP contribution in [0.4, 0.5) is 0 Å². The Kier molecular flexibility index (Phi) is 12.7. The fourth-order valence-electron chi connectivity index (χ4n) is 1.87. The first-order chi connectivity index (χ1) is 10.3. The van der Waals surface area contributed by atoms with E-state index in [2.05, 4.69) is 18.0 Å². The van der Waals surface area contributed by atoms with Crippen molar-refractivity contribution in [2.45, 2.75) is 26.8 Å². The SMILES string of the molecule is C=CCOc1ccc(CNCCCOCC)cc1OCC.Cl. The maximum absolute atomic E-state index is 5.63. The van der Waals surface area contributed by atoms with Crippen LogP contribution in [-0.2, 0) is 11.3 Å². The average Bonchev–Trinajstić information content (AvgIpc) is 2.50. The van der Waals surface area contributed by atoms with Gasteiger partial charge >= 0.3 is 0 Å². The third-order valence-corrected chi connectivity index (χ3v) is 2.84. The Bertz CT molecular complexity index is 413. The van der Waals surface area contributed by atoms with Crippen molar-refractivity contribution < 1.29 is 14.2 Å². The lowest BCUT2D eigenvalue weighted by Gasteiger charge is -2.13. The maximum Gasteiger partial charge on any atom is 0.161 e. The molecule has 0 aliphatic rings. The van der Waals surface area contributed by atoms with E-state index in [-0.39, 0.29) is 12.4 Å². The van der Waals surface area contributed by atoms with Crippen LogP contribution in [0.3, 0.4) is 0 Å². The molecule has 0 atom stereocenters. The molecule has 0 saturated carbocycles. The molecule has 0 heterocycles. The molecule has 5 heteroatoms. The van der Waals surface area contributed by atoms with Gasteiger partial charge in [0, 0.05) is 19.8 Å². The van der Waals surface area contributed by atoms with Gasteiger partial charge in [0.1, 0.15) is 6.61 Å². The molecule has 0 saturated heterocycles. The standard InChI is InChI=1S/C17H27NO3.ClH/c1-4-11-21-16-9-8-15(13-17(16)20-6-3)14-18-10-7-12-19-5-2;/h4,8-9,13,18H,1,5-7,10-12,14H2,2-3H3;1H. The van der Waals surface area contributed by atoms with E-state index in [4.69, 9.17) is 14.2 Å². The topological polar surface area (TPSA) is 39.7 Å². The highest BCUT2D eigenvalue weighted by Gasteiger charge is 2.06. The van der Waals surface area contributed by atoms with Crippen LogP contribution in [-0.4, -0.2) is 33.0 Å². The van der Waals surface area contributed by atoms with Crippen molar-refractivity contribution in [3.8, 4) is 11.5 Å². The van der Waals surface area contributed by atoms with E-state index in [1.54, 1.807) is 6.08 Å². The normalized spacial score (nSPS) is 9.91. The van der Waals surface area contributed by atoms with Crippen LogP contribution in [0.25, 0.3) is 0 Å². The van der Waals surface area contributed by atoms with Gasteiger partial charge in [0.2, 0.25) is 0 Å². The zero-order chi connectivity index (χ0) is 15.3. The molecule has 1 rings (SSSR count). The molecule has 22 heavy (non-hydrogen) atoms. The van der Waals surface area contributed by atoms with Crippen LogP contribution in [0.2, 0.25) is 0 Å². The lowest BCUT2D eigenvalue weighted by atomic mass is 10.2. The van der Waals surface area contributed by atoms with Crippen molar-refractivity contribution in [3.05, 3.63) is 36.4 Å². The summed E-state index contributed by atoms with van der Waals surface area (Å²) in [6, 6.07) is 6.03. The molecular weight excluding hydrogens is 302 g/mol. The zero-order valence-corrected chi connectivity index (χ0v) is 14.4. The van der Waals surface area contributed by atoms with Gasteiger partial charge in [0.15, 0.2) is 11.5 Å². The second kappa shape index (κ2) is 13.4. The first-order valence-corrected chi connectivity index (χ1v) is 7.59. The average molecular weight is 330 g/mol. The molecule has 0 aliphatic heterocycles. The van der Waals surface area contributed by atoms with Crippen molar-refractivity contribution in [1.82, 2.24) is 5.32 Å². The Morgan fingerprint density at radius 2 is 1.95 bits per heavy atom. The van der Waals surface area contributed by atoms with Gasteiger partial charge in [-0.25, -0.2) is 0 Å². The molecular formula is C17H28ClNO3. The highest BCUT2D eigenvalue weighted by Crippen LogP contribution is 2.28. The molecule has 1 N–H and O–H groups in total. The molecule has 0 aromatic heterocycles. The molecule has 0 bridgehead atoms. The molecule has 126 valence electrons. The minimum Gasteiger partial charge on any atom is -0.490 e. The molecule has 0 aliphatic carbocycles. The van der Waals surface area contributed by atoms with Crippen LogP contribution in [0.15, 0.2) is 30.9 Å². The Labute approximate surface area is 140 Å². The van der Waals surface area contributed by atoms with Gasteiger partial charge in [-0.1, -0.05) is 18.7 Å². The highest BCUT2D eigenvalue weighted by atomic mass is 35.5. The molecule has 0 fully saturated rings. The number of halogens is 1. The lowest BCUT2D eigenvalue weighted by molar-refractivity contribution is 0.144. The van der Waals surface area contributed by atoms with E-state index >= 15 is 0 Å². The predicted octanol–water partition coefficient (Wildman–Crippen LogP) is 3.59. The number of hydrogen-bond acceptors (Lipinski definition) is 4. The van der Waals surface area contributed by atoms with Crippen LogP contribution in [0, 0.1) is 0 Å². The van der Waals surface area contributed by atoms with Gasteiger partial charge < -0.3 is 19.5 Å². The van der Waals surface area contributed by atoms with Crippen LogP contribution < -0.4 is 14.8 Å². The summed E-state index contributed by atoms with van der Waals surface area (Å²) < 4.78 is 16.5. The maximum atomic E-state index is 5.63. The van der Waals surface area contributed by atoms with Crippen molar-refractivity contribution >= 4 is 12.4 Å². The summed E-state index contributed by atoms with van der Waals surface area (Å²) in [4.78, 5) is 0. The Hall–Kier alpha value is -1.23. The largest absolute Gasteiger partial charge is 0.490 e. The number of nitrogens with one attached hydrogen (secondary N) is 1. The minimum atomic E-state index is 0. The Morgan fingerprint density at radius 3 is 2.64 bits per heavy atom. The van der Waals surface area contributed by atoms with Crippen LogP contribution >= 0.6 is 12.4 Å². The summed E-state index contributed by atoms with van der Waals surface area (Å²) in [5.41, 5.74) is 1.18. The van der Waals surface area contributed by atoms with Gasteiger partial charge in [0.05, 0.1) is 6.61 Å². The fraction of sp³-hybridized carbons (Fsp3) is 0.529. The summed E-state index contributed by atoms with van der Waals surface area (Å²) in [7, 11) is 0. The number of rotatable bonds is 12. The Morgan fingerprint density at radius 1 is 1.14 bits per heavy atom. The third kappa shape index (κ3) is 8.27. The van der Waals surface area contributed by atoms with E-state index in [1.807, 2.05) is 26.0 Å². The molecule has 0 unspecified atom stereocenters. The summed E-state index contributed by atoms with van der Waals surface area (Å²) in [6.45, 7) is 12.1. The minimum absolute atomic E-state index is 0. The number of ether oxygens (including phenoxy) is 3. The smallest absolute Gasteiger partial charge is 0.161 e. The molecule has 0 spiro atoms. The summed E-state index contributed by atoms with van der Waals surface area (Å²) in [5.74, 6) is 1.55. The summed E-state index contributed by atoms with van der Waals surface area (Å²) >= 11 is 0. The van der Waals surface area contributed by atoms with Gasteiger partial charge in [0.25, 0.3) is 0 Å². The fourth-order valence-corrected chi connectivity index (χ4v) is 1.87. The first kappa shape index (κ1) is 20.8. The van der Waals surface area contributed by atoms with Crippen molar-refractivity contribution in [2.24, 2.45) is 0 Å². The van der Waals surface area contributed by atoms with Crippen molar-refractivity contribution in [3.63, 3.8) is 0 Å². The number of benzene rings is 1. The molecule has 0 amide bonds. The second-order valence-electron chi connectivity index (χ2n) is 4.54. The van der Waals surface area contributed by atoms with E-state index in [0.717, 1.165) is 44.2 Å². The van der Waals surface area contributed by atoms with E-state index in [9.17, 15) is 0 Å². The monoisotopic (exact) mass is 329 g/mol. The number of hydrogen-bond donors (Lipinski definition) is 1. The van der Waals surface area contributed by atoms with Crippen LogP contribution in [0.1, 0.15) is 25.8 Å². The van der Waals surface area contributed by atoms with Gasteiger partial charge in [-0.3, -0.25) is 0 Å². The highest BCUT2D eigenvalue weighted by molar-refractivity contribution is 5.85. The van der Waals surface area contributed by atoms with E-state index in [1.165, 1.54) is 5.56 Å². The van der Waals surface area contributed by atoms with Crippen LogP contribution in [0.5, 0.6) is 11.5 Å². The molecule has 1 aromatic carbocycles. The van der Waals surface area contributed by atoms with Gasteiger partial charge in [-0.05, 0) is 44.5 Å². The second-order valence-corrected chi connectivity index (χ2v) is 4.54.